The van der Waals surface area contributed by atoms with Crippen LogP contribution in [0.4, 0.5) is 4.39 Å². The zero-order valence-corrected chi connectivity index (χ0v) is 14.3. The number of carbonyl (C=O) groups is 1. The molecule has 0 aliphatic rings. The summed E-state index contributed by atoms with van der Waals surface area (Å²) in [5, 5.41) is 0. The maximum atomic E-state index is 14.5. The summed E-state index contributed by atoms with van der Waals surface area (Å²) in [4.78, 5) is 12.5. The molecule has 0 amide bonds. The zero-order chi connectivity index (χ0) is 17.6. The molecule has 1 nitrogen and oxygen atoms in total. The van der Waals surface area contributed by atoms with Crippen LogP contribution < -0.4 is 0 Å². The summed E-state index contributed by atoms with van der Waals surface area (Å²) in [6.07, 6.45) is 1.18. The highest BCUT2D eigenvalue weighted by Crippen LogP contribution is 2.27. The molecule has 3 aromatic carbocycles. The number of aryl methyl sites for hydroxylation is 1. The van der Waals surface area contributed by atoms with Crippen LogP contribution in [0.2, 0.25) is 0 Å². The lowest BCUT2D eigenvalue weighted by Crippen LogP contribution is -2.10. The van der Waals surface area contributed by atoms with Crippen LogP contribution >= 0.6 is 0 Å². The third kappa shape index (κ3) is 4.21. The number of rotatable bonds is 6. The fourth-order valence-electron chi connectivity index (χ4n) is 2.97. The van der Waals surface area contributed by atoms with Crippen LogP contribution in [-0.2, 0) is 11.2 Å². The van der Waals surface area contributed by atoms with Crippen molar-refractivity contribution in [2.75, 3.05) is 0 Å². The van der Waals surface area contributed by atoms with E-state index in [2.05, 4.69) is 0 Å². The standard InChI is InChI=1S/C23H21FO/c1-17(23(25)15-12-18-8-4-2-5-9-18)20-13-14-21(22(24)16-20)19-10-6-3-7-11-19/h2-11,13-14,16-17H,12,15H2,1H3/t17-/m1/s1. The first-order valence-corrected chi connectivity index (χ1v) is 8.56. The van der Waals surface area contributed by atoms with Crippen LogP contribution in [0.25, 0.3) is 11.1 Å². The molecule has 2 heteroatoms. The third-order valence-electron chi connectivity index (χ3n) is 4.56. The van der Waals surface area contributed by atoms with Gasteiger partial charge in [0, 0.05) is 17.9 Å². The normalized spacial score (nSPS) is 11.9. The summed E-state index contributed by atoms with van der Waals surface area (Å²) < 4.78 is 14.5. The Bertz CT molecular complexity index is 840. The summed E-state index contributed by atoms with van der Waals surface area (Å²) in [6, 6.07) is 24.5. The van der Waals surface area contributed by atoms with Gasteiger partial charge in [-0.05, 0) is 29.2 Å². The molecule has 0 unspecified atom stereocenters. The monoisotopic (exact) mass is 332 g/mol. The molecule has 0 saturated heterocycles. The Balaban J connectivity index is 1.70. The van der Waals surface area contributed by atoms with E-state index in [4.69, 9.17) is 0 Å². The molecule has 25 heavy (non-hydrogen) atoms. The molecule has 3 aromatic rings. The molecule has 0 aliphatic carbocycles. The Hall–Kier alpha value is -2.74. The molecule has 0 N–H and O–H groups in total. The lowest BCUT2D eigenvalue weighted by molar-refractivity contribution is -0.120. The Labute approximate surface area is 148 Å². The van der Waals surface area contributed by atoms with Gasteiger partial charge in [0.25, 0.3) is 0 Å². The van der Waals surface area contributed by atoms with E-state index in [0.29, 0.717) is 18.4 Å². The number of halogens is 1. The van der Waals surface area contributed by atoms with Gasteiger partial charge in [0.05, 0.1) is 0 Å². The van der Waals surface area contributed by atoms with Gasteiger partial charge >= 0.3 is 0 Å². The van der Waals surface area contributed by atoms with Crippen LogP contribution in [0.5, 0.6) is 0 Å². The van der Waals surface area contributed by atoms with E-state index >= 15 is 0 Å². The first-order valence-electron chi connectivity index (χ1n) is 8.56. The minimum atomic E-state index is -0.303. The summed E-state index contributed by atoms with van der Waals surface area (Å²) in [7, 11) is 0. The third-order valence-corrected chi connectivity index (χ3v) is 4.56. The smallest absolute Gasteiger partial charge is 0.140 e. The van der Waals surface area contributed by atoms with E-state index in [1.807, 2.05) is 73.7 Å². The number of ketones is 1. The van der Waals surface area contributed by atoms with E-state index < -0.39 is 0 Å². The second kappa shape index (κ2) is 7.89. The summed E-state index contributed by atoms with van der Waals surface area (Å²) in [5.41, 5.74) is 3.28. The minimum absolute atomic E-state index is 0.135. The molecular formula is C23H21FO. The second-order valence-corrected chi connectivity index (χ2v) is 6.28. The van der Waals surface area contributed by atoms with Crippen molar-refractivity contribution in [3.63, 3.8) is 0 Å². The second-order valence-electron chi connectivity index (χ2n) is 6.28. The van der Waals surface area contributed by atoms with Gasteiger partial charge in [-0.2, -0.15) is 0 Å². The van der Waals surface area contributed by atoms with Crippen molar-refractivity contribution in [1.82, 2.24) is 0 Å². The van der Waals surface area contributed by atoms with Crippen molar-refractivity contribution in [3.8, 4) is 11.1 Å². The molecule has 0 saturated carbocycles. The van der Waals surface area contributed by atoms with E-state index in [0.717, 1.165) is 16.7 Å². The summed E-state index contributed by atoms with van der Waals surface area (Å²) >= 11 is 0. The number of benzene rings is 3. The topological polar surface area (TPSA) is 17.1 Å². The molecule has 0 bridgehead atoms. The van der Waals surface area contributed by atoms with Crippen molar-refractivity contribution in [3.05, 3.63) is 95.8 Å². The molecule has 0 aromatic heterocycles. The van der Waals surface area contributed by atoms with Gasteiger partial charge in [0.2, 0.25) is 0 Å². The van der Waals surface area contributed by atoms with Gasteiger partial charge in [0.15, 0.2) is 0 Å². The highest BCUT2D eigenvalue weighted by molar-refractivity contribution is 5.85. The van der Waals surface area contributed by atoms with Crippen LogP contribution in [0.15, 0.2) is 78.9 Å². The lowest BCUT2D eigenvalue weighted by Gasteiger charge is -2.13. The van der Waals surface area contributed by atoms with E-state index in [1.54, 1.807) is 6.07 Å². The maximum Gasteiger partial charge on any atom is 0.140 e. The predicted molar refractivity (Wildman–Crippen MR) is 100 cm³/mol. The fourth-order valence-corrected chi connectivity index (χ4v) is 2.97. The Morgan fingerprint density at radius 3 is 2.20 bits per heavy atom. The fraction of sp³-hybridized carbons (Fsp3) is 0.174. The van der Waals surface area contributed by atoms with Crippen molar-refractivity contribution >= 4 is 5.78 Å². The number of hydrogen-bond donors (Lipinski definition) is 0. The molecule has 0 radical (unpaired) electrons. The quantitative estimate of drug-likeness (QED) is 0.557. The van der Waals surface area contributed by atoms with Crippen molar-refractivity contribution in [2.45, 2.75) is 25.7 Å². The Morgan fingerprint density at radius 1 is 0.920 bits per heavy atom. The van der Waals surface area contributed by atoms with Crippen LogP contribution in [0.1, 0.15) is 30.4 Å². The maximum absolute atomic E-state index is 14.5. The molecule has 0 aliphatic heterocycles. The highest BCUT2D eigenvalue weighted by Gasteiger charge is 2.17. The first kappa shape index (κ1) is 17.1. The zero-order valence-electron chi connectivity index (χ0n) is 14.3. The predicted octanol–water partition coefficient (Wildman–Crippen LogP) is 5.80. The largest absolute Gasteiger partial charge is 0.299 e. The molecule has 0 fully saturated rings. The summed E-state index contributed by atoms with van der Waals surface area (Å²) in [5.74, 6) is -0.454. The number of Topliss-reactive ketones (excluding diaryl/α,β-unsaturated/α-hetero) is 1. The molecular weight excluding hydrogens is 311 g/mol. The number of carbonyl (C=O) groups excluding carboxylic acids is 1. The van der Waals surface area contributed by atoms with Gasteiger partial charge in [-0.25, -0.2) is 4.39 Å². The average molecular weight is 332 g/mol. The van der Waals surface area contributed by atoms with Crippen molar-refractivity contribution in [2.24, 2.45) is 0 Å². The average Bonchev–Trinajstić information content (AvgIpc) is 2.67. The van der Waals surface area contributed by atoms with Gasteiger partial charge < -0.3 is 0 Å². The molecule has 0 heterocycles. The minimum Gasteiger partial charge on any atom is -0.299 e. The van der Waals surface area contributed by atoms with Crippen LogP contribution in [-0.4, -0.2) is 5.78 Å². The Kier molecular flexibility index (Phi) is 5.39. The van der Waals surface area contributed by atoms with Crippen LogP contribution in [0, 0.1) is 5.82 Å². The molecule has 126 valence electrons. The SMILES string of the molecule is C[C@@H](C(=O)CCc1ccccc1)c1ccc(-c2ccccc2)c(F)c1. The Morgan fingerprint density at radius 2 is 1.56 bits per heavy atom. The van der Waals surface area contributed by atoms with Crippen LogP contribution in [0.3, 0.4) is 0 Å². The van der Waals surface area contributed by atoms with Crippen molar-refractivity contribution < 1.29 is 9.18 Å². The highest BCUT2D eigenvalue weighted by atomic mass is 19.1. The lowest BCUT2D eigenvalue weighted by atomic mass is 9.91. The van der Waals surface area contributed by atoms with Gasteiger partial charge in [-0.15, -0.1) is 0 Å². The summed E-state index contributed by atoms with van der Waals surface area (Å²) in [6.45, 7) is 1.85. The van der Waals surface area contributed by atoms with Crippen molar-refractivity contribution in [1.29, 1.82) is 0 Å². The first-order chi connectivity index (χ1) is 12.1. The van der Waals surface area contributed by atoms with Gasteiger partial charge in [-0.1, -0.05) is 79.7 Å². The van der Waals surface area contributed by atoms with E-state index in [-0.39, 0.29) is 17.5 Å². The molecule has 0 spiro atoms. The number of hydrogen-bond acceptors (Lipinski definition) is 1. The van der Waals surface area contributed by atoms with Gasteiger partial charge in [-0.3, -0.25) is 4.79 Å². The van der Waals surface area contributed by atoms with E-state index in [9.17, 15) is 9.18 Å². The van der Waals surface area contributed by atoms with Gasteiger partial charge in [0.1, 0.15) is 11.6 Å². The molecule has 1 atom stereocenters. The van der Waals surface area contributed by atoms with E-state index in [1.165, 1.54) is 6.07 Å². The molecule has 3 rings (SSSR count).